The molecule has 0 amide bonds. The Morgan fingerprint density at radius 2 is 2.21 bits per heavy atom. The van der Waals surface area contributed by atoms with E-state index in [0.29, 0.717) is 10.7 Å². The van der Waals surface area contributed by atoms with Gasteiger partial charge in [-0.25, -0.2) is 0 Å². The minimum Gasteiger partial charge on any atom is -0.371 e. The quantitative estimate of drug-likeness (QED) is 0.711. The van der Waals surface area contributed by atoms with Gasteiger partial charge in [0.05, 0.1) is 5.52 Å². The van der Waals surface area contributed by atoms with E-state index in [2.05, 4.69) is 44.9 Å². The van der Waals surface area contributed by atoms with E-state index in [-0.39, 0.29) is 0 Å². The highest BCUT2D eigenvalue weighted by atomic mass is 79.9. The summed E-state index contributed by atoms with van der Waals surface area (Å²) in [6.45, 7) is 4.46. The largest absolute Gasteiger partial charge is 0.371 e. The number of rotatable bonds is 1. The number of aromatic nitrogens is 1. The zero-order valence-electron chi connectivity index (χ0n) is 10.8. The van der Waals surface area contributed by atoms with Crippen LogP contribution < -0.4 is 4.90 Å². The Labute approximate surface area is 126 Å². The van der Waals surface area contributed by atoms with Crippen molar-refractivity contribution in [2.45, 2.75) is 18.2 Å². The van der Waals surface area contributed by atoms with Crippen LogP contribution in [0.4, 0.5) is 5.69 Å². The van der Waals surface area contributed by atoms with Gasteiger partial charge in [-0.15, -0.1) is 0 Å². The highest BCUT2D eigenvalue weighted by Crippen LogP contribution is 2.32. The lowest BCUT2D eigenvalue weighted by Gasteiger charge is -2.36. The molecular formula is C15H16BrClN2. The molecule has 1 aromatic carbocycles. The van der Waals surface area contributed by atoms with Crippen LogP contribution in [-0.2, 0) is 0 Å². The summed E-state index contributed by atoms with van der Waals surface area (Å²) in [5, 5.41) is 1.93. The topological polar surface area (TPSA) is 16.1 Å². The third-order valence-electron chi connectivity index (χ3n) is 3.82. The van der Waals surface area contributed by atoms with E-state index in [9.17, 15) is 0 Å². The van der Waals surface area contributed by atoms with E-state index in [0.717, 1.165) is 23.6 Å². The first kappa shape index (κ1) is 13.2. The van der Waals surface area contributed by atoms with E-state index >= 15 is 0 Å². The molecule has 0 radical (unpaired) electrons. The van der Waals surface area contributed by atoms with Gasteiger partial charge in [0.25, 0.3) is 0 Å². The average Bonchev–Trinajstić information content (AvgIpc) is 2.41. The van der Waals surface area contributed by atoms with Crippen LogP contribution in [0, 0.1) is 5.92 Å². The molecule has 100 valence electrons. The Balaban J connectivity index is 2.01. The van der Waals surface area contributed by atoms with Crippen LogP contribution in [0.1, 0.15) is 13.3 Å². The van der Waals surface area contributed by atoms with E-state index < -0.39 is 0 Å². The Morgan fingerprint density at radius 3 is 3.00 bits per heavy atom. The van der Waals surface area contributed by atoms with Gasteiger partial charge in [0, 0.05) is 40.2 Å². The van der Waals surface area contributed by atoms with Gasteiger partial charge >= 0.3 is 0 Å². The number of anilines is 1. The first-order valence-corrected chi connectivity index (χ1v) is 7.88. The van der Waals surface area contributed by atoms with Crippen LogP contribution in [0.25, 0.3) is 10.9 Å². The van der Waals surface area contributed by atoms with Crippen molar-refractivity contribution in [2.24, 2.45) is 5.92 Å². The molecule has 19 heavy (non-hydrogen) atoms. The summed E-state index contributed by atoms with van der Waals surface area (Å²) in [5.74, 6) is 0.657. The zero-order valence-corrected chi connectivity index (χ0v) is 13.2. The maximum Gasteiger partial charge on any atom is 0.0737 e. The standard InChI is InChI=1S/C15H16BrClN2/c1-10-9-19(7-5-13(10)16)15-4-6-18-14-8-11(17)2-3-12(14)15/h2-4,6,8,10,13H,5,7,9H2,1H3. The van der Waals surface area contributed by atoms with Crippen molar-refractivity contribution in [3.63, 3.8) is 0 Å². The molecule has 1 aliphatic rings. The minimum atomic E-state index is 0.631. The van der Waals surface area contributed by atoms with Gasteiger partial charge in [0.2, 0.25) is 0 Å². The number of hydrogen-bond acceptors (Lipinski definition) is 2. The van der Waals surface area contributed by atoms with Crippen molar-refractivity contribution >= 4 is 44.1 Å². The van der Waals surface area contributed by atoms with Crippen molar-refractivity contribution in [2.75, 3.05) is 18.0 Å². The molecular weight excluding hydrogens is 324 g/mol. The lowest BCUT2D eigenvalue weighted by Crippen LogP contribution is -2.39. The van der Waals surface area contributed by atoms with Crippen LogP contribution in [0.5, 0.6) is 0 Å². The number of fused-ring (bicyclic) bond motifs is 1. The Morgan fingerprint density at radius 1 is 1.37 bits per heavy atom. The molecule has 0 N–H and O–H groups in total. The van der Waals surface area contributed by atoms with Crippen LogP contribution >= 0.6 is 27.5 Å². The molecule has 1 saturated heterocycles. The van der Waals surface area contributed by atoms with E-state index in [1.807, 2.05) is 18.3 Å². The predicted molar refractivity (Wildman–Crippen MR) is 85.5 cm³/mol. The van der Waals surface area contributed by atoms with Crippen molar-refractivity contribution in [3.8, 4) is 0 Å². The molecule has 1 aliphatic heterocycles. The number of hydrogen-bond donors (Lipinski definition) is 0. The van der Waals surface area contributed by atoms with Gasteiger partial charge in [0.1, 0.15) is 0 Å². The minimum absolute atomic E-state index is 0.631. The summed E-state index contributed by atoms with van der Waals surface area (Å²) in [6.07, 6.45) is 3.05. The lowest BCUT2D eigenvalue weighted by atomic mass is 9.99. The second kappa shape index (κ2) is 5.29. The lowest BCUT2D eigenvalue weighted by molar-refractivity contribution is 0.467. The van der Waals surface area contributed by atoms with Gasteiger partial charge in [-0.2, -0.15) is 0 Å². The normalized spacial score (nSPS) is 23.8. The van der Waals surface area contributed by atoms with Crippen LogP contribution in [-0.4, -0.2) is 22.9 Å². The summed E-state index contributed by atoms with van der Waals surface area (Å²) in [4.78, 5) is 7.50. The van der Waals surface area contributed by atoms with E-state index in [1.54, 1.807) is 0 Å². The molecule has 2 aromatic rings. The first-order chi connectivity index (χ1) is 9.15. The average molecular weight is 340 g/mol. The summed E-state index contributed by atoms with van der Waals surface area (Å²) in [7, 11) is 0. The van der Waals surface area contributed by atoms with Gasteiger partial charge in [0.15, 0.2) is 0 Å². The van der Waals surface area contributed by atoms with Gasteiger partial charge in [-0.1, -0.05) is 34.5 Å². The fraction of sp³-hybridized carbons (Fsp3) is 0.400. The molecule has 0 bridgehead atoms. The van der Waals surface area contributed by atoms with Crippen LogP contribution in [0.2, 0.25) is 5.02 Å². The molecule has 3 rings (SSSR count). The molecule has 2 atom stereocenters. The third-order valence-corrected chi connectivity index (χ3v) is 5.42. The number of halogens is 2. The number of piperidine rings is 1. The van der Waals surface area contributed by atoms with Crippen molar-refractivity contribution in [3.05, 3.63) is 35.5 Å². The number of pyridine rings is 1. The maximum atomic E-state index is 6.04. The number of alkyl halides is 1. The van der Waals surface area contributed by atoms with Gasteiger partial charge < -0.3 is 4.90 Å². The van der Waals surface area contributed by atoms with Crippen LogP contribution in [0.15, 0.2) is 30.5 Å². The van der Waals surface area contributed by atoms with Crippen molar-refractivity contribution in [1.82, 2.24) is 4.98 Å². The monoisotopic (exact) mass is 338 g/mol. The summed E-state index contributed by atoms with van der Waals surface area (Å²) in [6, 6.07) is 8.05. The second-order valence-electron chi connectivity index (χ2n) is 5.22. The maximum absolute atomic E-state index is 6.04. The SMILES string of the molecule is CC1CN(c2ccnc3cc(Cl)ccc23)CCC1Br. The fourth-order valence-corrected chi connectivity index (χ4v) is 3.26. The molecule has 1 aromatic heterocycles. The Hall–Kier alpha value is -0.800. The predicted octanol–water partition coefficient (Wildman–Crippen LogP) is 4.50. The van der Waals surface area contributed by atoms with Gasteiger partial charge in [-0.3, -0.25) is 4.98 Å². The van der Waals surface area contributed by atoms with E-state index in [4.69, 9.17) is 11.6 Å². The second-order valence-corrected chi connectivity index (χ2v) is 6.83. The Bertz CT molecular complexity index is 602. The van der Waals surface area contributed by atoms with Crippen molar-refractivity contribution in [1.29, 1.82) is 0 Å². The molecule has 2 unspecified atom stereocenters. The summed E-state index contributed by atoms with van der Waals surface area (Å²) < 4.78 is 0. The smallest absolute Gasteiger partial charge is 0.0737 e. The highest BCUT2D eigenvalue weighted by Gasteiger charge is 2.24. The molecule has 0 saturated carbocycles. The van der Waals surface area contributed by atoms with Crippen molar-refractivity contribution < 1.29 is 0 Å². The highest BCUT2D eigenvalue weighted by molar-refractivity contribution is 9.09. The van der Waals surface area contributed by atoms with Crippen LogP contribution in [0.3, 0.4) is 0 Å². The molecule has 2 heterocycles. The summed E-state index contributed by atoms with van der Waals surface area (Å²) in [5.41, 5.74) is 2.24. The first-order valence-electron chi connectivity index (χ1n) is 6.58. The van der Waals surface area contributed by atoms with E-state index in [1.165, 1.54) is 17.5 Å². The molecule has 0 aliphatic carbocycles. The zero-order chi connectivity index (χ0) is 13.4. The number of nitrogens with zero attached hydrogens (tertiary/aromatic N) is 2. The Kier molecular flexibility index (Phi) is 3.68. The summed E-state index contributed by atoms with van der Waals surface area (Å²) >= 11 is 9.80. The molecule has 1 fully saturated rings. The fourth-order valence-electron chi connectivity index (χ4n) is 2.72. The van der Waals surface area contributed by atoms with Gasteiger partial charge in [-0.05, 0) is 36.6 Å². The molecule has 0 spiro atoms. The third kappa shape index (κ3) is 2.59. The number of benzene rings is 1. The molecule has 2 nitrogen and oxygen atoms in total. The molecule has 4 heteroatoms.